The summed E-state index contributed by atoms with van der Waals surface area (Å²) in [4.78, 5) is 25.6. The van der Waals surface area contributed by atoms with Gasteiger partial charge in [0.15, 0.2) is 5.78 Å². The van der Waals surface area contributed by atoms with E-state index in [-0.39, 0.29) is 23.7 Å². The van der Waals surface area contributed by atoms with Crippen molar-refractivity contribution in [2.45, 2.75) is 59.9 Å². The molecule has 0 radical (unpaired) electrons. The van der Waals surface area contributed by atoms with Crippen molar-refractivity contribution in [1.82, 2.24) is 4.90 Å². The molecule has 3 nitrogen and oxygen atoms in total. The summed E-state index contributed by atoms with van der Waals surface area (Å²) >= 11 is 0. The van der Waals surface area contributed by atoms with E-state index in [9.17, 15) is 9.59 Å². The van der Waals surface area contributed by atoms with Crippen molar-refractivity contribution in [2.75, 3.05) is 7.05 Å². The van der Waals surface area contributed by atoms with Gasteiger partial charge in [-0.1, -0.05) is 34.6 Å². The van der Waals surface area contributed by atoms with Crippen LogP contribution in [0.2, 0.25) is 0 Å². The maximum absolute atomic E-state index is 12.1. The molecule has 0 N–H and O–H groups in total. The minimum Gasteiger partial charge on any atom is -0.336 e. The van der Waals surface area contributed by atoms with Crippen LogP contribution in [0.3, 0.4) is 0 Å². The predicted molar refractivity (Wildman–Crippen MR) is 70.8 cm³/mol. The van der Waals surface area contributed by atoms with E-state index in [1.54, 1.807) is 11.9 Å². The monoisotopic (exact) mass is 241 g/mol. The van der Waals surface area contributed by atoms with E-state index < -0.39 is 0 Å². The topological polar surface area (TPSA) is 37.4 Å². The lowest BCUT2D eigenvalue weighted by Gasteiger charge is -2.29. The molecule has 0 aliphatic carbocycles. The average molecular weight is 241 g/mol. The van der Waals surface area contributed by atoms with Gasteiger partial charge in [-0.2, -0.15) is 0 Å². The van der Waals surface area contributed by atoms with E-state index in [0.29, 0.717) is 12.3 Å². The molecular formula is C14H27NO2. The molecule has 17 heavy (non-hydrogen) atoms. The number of hydrogen-bond acceptors (Lipinski definition) is 2. The highest BCUT2D eigenvalue weighted by molar-refractivity contribution is 5.90. The Kier molecular flexibility index (Phi) is 7.09. The highest BCUT2D eigenvalue weighted by Gasteiger charge is 2.28. The average Bonchev–Trinajstić information content (AvgIpc) is 2.23. The first-order valence-corrected chi connectivity index (χ1v) is 6.60. The second-order valence-corrected chi connectivity index (χ2v) is 5.46. The Balaban J connectivity index is 4.78. The molecule has 3 heteroatoms. The molecule has 0 saturated carbocycles. The van der Waals surface area contributed by atoms with E-state index in [2.05, 4.69) is 13.8 Å². The van der Waals surface area contributed by atoms with Crippen LogP contribution in [-0.4, -0.2) is 29.7 Å². The summed E-state index contributed by atoms with van der Waals surface area (Å²) in [7, 11) is 1.76. The normalized spacial score (nSPS) is 12.9. The van der Waals surface area contributed by atoms with Crippen LogP contribution in [0.4, 0.5) is 0 Å². The number of Topliss-reactive ketones (excluding diaryl/α,β-unsaturated/α-hetero) is 1. The van der Waals surface area contributed by atoms with Gasteiger partial charge in [-0.3, -0.25) is 9.59 Å². The van der Waals surface area contributed by atoms with Gasteiger partial charge >= 0.3 is 0 Å². The molecule has 100 valence electrons. The Hall–Kier alpha value is -0.860. The lowest BCUT2D eigenvalue weighted by atomic mass is 9.93. The van der Waals surface area contributed by atoms with Gasteiger partial charge in [-0.05, 0) is 18.8 Å². The van der Waals surface area contributed by atoms with Gasteiger partial charge in [0, 0.05) is 19.4 Å². The van der Waals surface area contributed by atoms with E-state index >= 15 is 0 Å². The number of ketones is 1. The van der Waals surface area contributed by atoms with Gasteiger partial charge in [0.05, 0.1) is 6.04 Å². The first kappa shape index (κ1) is 16.1. The van der Waals surface area contributed by atoms with Crippen molar-refractivity contribution in [3.8, 4) is 0 Å². The molecule has 0 heterocycles. The maximum Gasteiger partial charge on any atom is 0.222 e. The van der Waals surface area contributed by atoms with Crippen molar-refractivity contribution < 1.29 is 9.59 Å². The largest absolute Gasteiger partial charge is 0.336 e. The predicted octanol–water partition coefficient (Wildman–Crippen LogP) is 2.88. The molecule has 0 aromatic carbocycles. The van der Waals surface area contributed by atoms with E-state index in [0.717, 1.165) is 12.8 Å². The quantitative estimate of drug-likeness (QED) is 0.687. The third-order valence-electron chi connectivity index (χ3n) is 2.92. The van der Waals surface area contributed by atoms with Crippen molar-refractivity contribution >= 4 is 11.7 Å². The molecule has 0 saturated heterocycles. The van der Waals surface area contributed by atoms with Crippen LogP contribution in [0.25, 0.3) is 0 Å². The fourth-order valence-corrected chi connectivity index (χ4v) is 1.86. The fourth-order valence-electron chi connectivity index (χ4n) is 1.86. The van der Waals surface area contributed by atoms with Gasteiger partial charge in [0.2, 0.25) is 5.91 Å². The van der Waals surface area contributed by atoms with Crippen molar-refractivity contribution in [3.05, 3.63) is 0 Å². The number of carbonyl (C=O) groups excluding carboxylic acids is 2. The standard InChI is InChI=1S/C14H27NO2/c1-7-8-13(16)15(6)12(9-10(2)3)14(17)11(4)5/h10-12H,7-9H2,1-6H3/t12-/m1/s1. The van der Waals surface area contributed by atoms with Gasteiger partial charge in [0.25, 0.3) is 0 Å². The van der Waals surface area contributed by atoms with Crippen LogP contribution in [-0.2, 0) is 9.59 Å². The Morgan fingerprint density at radius 3 is 2.00 bits per heavy atom. The molecule has 0 bridgehead atoms. The summed E-state index contributed by atoms with van der Waals surface area (Å²) in [6.07, 6.45) is 2.10. The molecule has 0 spiro atoms. The summed E-state index contributed by atoms with van der Waals surface area (Å²) < 4.78 is 0. The number of hydrogen-bond donors (Lipinski definition) is 0. The summed E-state index contributed by atoms with van der Waals surface area (Å²) in [6, 6.07) is -0.256. The van der Waals surface area contributed by atoms with Gasteiger partial charge in [-0.25, -0.2) is 0 Å². The van der Waals surface area contributed by atoms with Crippen LogP contribution in [0.1, 0.15) is 53.9 Å². The van der Waals surface area contributed by atoms with Crippen LogP contribution < -0.4 is 0 Å². The van der Waals surface area contributed by atoms with Crippen LogP contribution >= 0.6 is 0 Å². The van der Waals surface area contributed by atoms with Crippen LogP contribution in [0.5, 0.6) is 0 Å². The summed E-state index contributed by atoms with van der Waals surface area (Å²) in [5.74, 6) is 0.646. The molecule has 0 aliphatic heterocycles. The highest BCUT2D eigenvalue weighted by atomic mass is 16.2. The van der Waals surface area contributed by atoms with Crippen molar-refractivity contribution in [3.63, 3.8) is 0 Å². The number of amides is 1. The van der Waals surface area contributed by atoms with Crippen LogP contribution in [0, 0.1) is 11.8 Å². The highest BCUT2D eigenvalue weighted by Crippen LogP contribution is 2.16. The zero-order valence-corrected chi connectivity index (χ0v) is 12.1. The molecule has 0 aliphatic rings. The molecule has 1 amide bonds. The van der Waals surface area contributed by atoms with Gasteiger partial charge in [-0.15, -0.1) is 0 Å². The second kappa shape index (κ2) is 7.46. The smallest absolute Gasteiger partial charge is 0.222 e. The SMILES string of the molecule is CCCC(=O)N(C)[C@H](CC(C)C)C(=O)C(C)C. The van der Waals surface area contributed by atoms with E-state index in [1.165, 1.54) is 0 Å². The first-order chi connectivity index (χ1) is 7.81. The van der Waals surface area contributed by atoms with Crippen LogP contribution in [0.15, 0.2) is 0 Å². The third kappa shape index (κ3) is 5.33. The maximum atomic E-state index is 12.1. The Bertz CT molecular complexity index is 259. The number of carbonyl (C=O) groups is 2. The minimum atomic E-state index is -0.256. The lowest BCUT2D eigenvalue weighted by molar-refractivity contribution is -0.139. The first-order valence-electron chi connectivity index (χ1n) is 6.60. The summed E-state index contributed by atoms with van der Waals surface area (Å²) in [5, 5.41) is 0. The molecule has 0 rings (SSSR count). The Morgan fingerprint density at radius 1 is 1.12 bits per heavy atom. The molecule has 0 aromatic heterocycles. The lowest BCUT2D eigenvalue weighted by Crippen LogP contribution is -2.44. The second-order valence-electron chi connectivity index (χ2n) is 5.46. The molecule has 0 fully saturated rings. The van der Waals surface area contributed by atoms with Crippen molar-refractivity contribution in [1.29, 1.82) is 0 Å². The molecular weight excluding hydrogens is 214 g/mol. The number of rotatable bonds is 7. The van der Waals surface area contributed by atoms with Crippen molar-refractivity contribution in [2.24, 2.45) is 11.8 Å². The molecule has 0 aromatic rings. The number of likely N-dealkylation sites (N-methyl/N-ethyl adjacent to an activating group) is 1. The molecule has 1 atom stereocenters. The molecule has 0 unspecified atom stereocenters. The summed E-state index contributed by atoms with van der Waals surface area (Å²) in [5.41, 5.74) is 0. The minimum absolute atomic E-state index is 0.0179. The van der Waals surface area contributed by atoms with E-state index in [4.69, 9.17) is 0 Å². The summed E-state index contributed by atoms with van der Waals surface area (Å²) in [6.45, 7) is 9.94. The zero-order chi connectivity index (χ0) is 13.6. The third-order valence-corrected chi connectivity index (χ3v) is 2.92. The van der Waals surface area contributed by atoms with E-state index in [1.807, 2.05) is 20.8 Å². The van der Waals surface area contributed by atoms with Gasteiger partial charge < -0.3 is 4.90 Å². The zero-order valence-electron chi connectivity index (χ0n) is 12.1. The number of nitrogens with zero attached hydrogens (tertiary/aromatic N) is 1. The Labute approximate surface area is 106 Å². The Morgan fingerprint density at radius 2 is 1.65 bits per heavy atom. The fraction of sp³-hybridized carbons (Fsp3) is 0.857. The van der Waals surface area contributed by atoms with Gasteiger partial charge in [0.1, 0.15) is 0 Å².